The Kier molecular flexibility index (Phi) is 4.23. The highest BCUT2D eigenvalue weighted by molar-refractivity contribution is 7.99. The molecule has 1 saturated heterocycles. The lowest BCUT2D eigenvalue weighted by Crippen LogP contribution is -2.30. The van der Waals surface area contributed by atoms with Gasteiger partial charge in [-0.2, -0.15) is 11.8 Å². The number of nitro benzene ring substituents is 1. The van der Waals surface area contributed by atoms with Crippen molar-refractivity contribution in [3.63, 3.8) is 0 Å². The second-order valence-corrected chi connectivity index (χ2v) is 7.23. The van der Waals surface area contributed by atoms with Gasteiger partial charge in [0, 0.05) is 40.6 Å². The number of rotatable bonds is 3. The van der Waals surface area contributed by atoms with Gasteiger partial charge in [-0.05, 0) is 6.92 Å². The molecule has 2 aromatic rings. The quantitative estimate of drug-likeness (QED) is 0.693. The molecule has 1 aliphatic rings. The van der Waals surface area contributed by atoms with E-state index in [0.717, 1.165) is 39.2 Å². The third-order valence-electron chi connectivity index (χ3n) is 3.36. The minimum atomic E-state index is -0.370. The molecule has 1 aromatic carbocycles. The lowest BCUT2D eigenvalue weighted by molar-refractivity contribution is -0.384. The number of benzene rings is 1. The molecule has 0 bridgehead atoms. The van der Waals surface area contributed by atoms with Gasteiger partial charge in [0.1, 0.15) is 5.01 Å². The first kappa shape index (κ1) is 14.5. The molecule has 0 aliphatic carbocycles. The molecule has 110 valence electrons. The van der Waals surface area contributed by atoms with Gasteiger partial charge in [0.15, 0.2) is 0 Å². The van der Waals surface area contributed by atoms with E-state index >= 15 is 0 Å². The Hall–Kier alpha value is -1.44. The van der Waals surface area contributed by atoms with Gasteiger partial charge >= 0.3 is 0 Å². The van der Waals surface area contributed by atoms with Gasteiger partial charge in [-0.1, -0.05) is 12.1 Å². The Labute approximate surface area is 130 Å². The molecule has 7 heteroatoms. The molecule has 0 saturated carbocycles. The predicted octanol–water partition coefficient (Wildman–Crippen LogP) is 3.40. The largest absolute Gasteiger partial charge is 0.306 e. The van der Waals surface area contributed by atoms with E-state index in [0.29, 0.717) is 6.04 Å². The molecule has 2 heterocycles. The van der Waals surface area contributed by atoms with E-state index in [1.807, 2.05) is 24.8 Å². The van der Waals surface area contributed by atoms with E-state index in [9.17, 15) is 10.1 Å². The number of thiazole rings is 1. The zero-order chi connectivity index (χ0) is 14.8. The molecule has 3 rings (SSSR count). The van der Waals surface area contributed by atoms with Gasteiger partial charge in [0.25, 0.3) is 5.69 Å². The van der Waals surface area contributed by atoms with Crippen LogP contribution in [0.25, 0.3) is 11.3 Å². The fourth-order valence-electron chi connectivity index (χ4n) is 2.32. The van der Waals surface area contributed by atoms with Crippen molar-refractivity contribution in [3.8, 4) is 11.3 Å². The number of aromatic nitrogens is 1. The molecule has 0 amide bonds. The fourth-order valence-corrected chi connectivity index (χ4v) is 4.39. The van der Waals surface area contributed by atoms with Gasteiger partial charge in [0.2, 0.25) is 0 Å². The highest BCUT2D eigenvalue weighted by Crippen LogP contribution is 2.33. The average Bonchev–Trinajstić information content (AvgIpc) is 2.90. The number of nitrogens with zero attached hydrogens (tertiary/aromatic N) is 2. The van der Waals surface area contributed by atoms with Crippen LogP contribution in [0.1, 0.15) is 15.9 Å². The topological polar surface area (TPSA) is 68.1 Å². The van der Waals surface area contributed by atoms with Crippen LogP contribution in [-0.2, 0) is 0 Å². The molecule has 0 spiro atoms. The number of non-ortho nitro benzene ring substituents is 1. The summed E-state index contributed by atoms with van der Waals surface area (Å²) < 4.78 is 0. The maximum atomic E-state index is 10.9. The summed E-state index contributed by atoms with van der Waals surface area (Å²) in [6, 6.07) is 6.97. The first-order valence-electron chi connectivity index (χ1n) is 6.68. The second-order valence-electron chi connectivity index (χ2n) is 4.85. The van der Waals surface area contributed by atoms with Crippen LogP contribution >= 0.6 is 23.1 Å². The summed E-state index contributed by atoms with van der Waals surface area (Å²) in [4.78, 5) is 16.4. The molecule has 1 aliphatic heterocycles. The summed E-state index contributed by atoms with van der Waals surface area (Å²) in [6.07, 6.45) is 0. The van der Waals surface area contributed by atoms with Crippen molar-refractivity contribution in [2.24, 2.45) is 0 Å². The molecular weight excluding hydrogens is 306 g/mol. The highest BCUT2D eigenvalue weighted by atomic mass is 32.2. The molecule has 1 unspecified atom stereocenters. The number of aryl methyl sites for hydroxylation is 1. The van der Waals surface area contributed by atoms with Crippen molar-refractivity contribution in [3.05, 3.63) is 44.3 Å². The molecular formula is C14H15N3O2S2. The van der Waals surface area contributed by atoms with Gasteiger partial charge in [0.05, 0.1) is 16.7 Å². The van der Waals surface area contributed by atoms with Crippen molar-refractivity contribution in [2.45, 2.75) is 13.0 Å². The summed E-state index contributed by atoms with van der Waals surface area (Å²) in [7, 11) is 0. The Morgan fingerprint density at radius 1 is 1.48 bits per heavy atom. The molecule has 5 nitrogen and oxygen atoms in total. The molecule has 0 radical (unpaired) electrons. The van der Waals surface area contributed by atoms with E-state index in [1.165, 1.54) is 6.07 Å². The third kappa shape index (κ3) is 3.09. The Morgan fingerprint density at radius 2 is 2.33 bits per heavy atom. The normalized spacial score (nSPS) is 18.6. The molecule has 21 heavy (non-hydrogen) atoms. The predicted molar refractivity (Wildman–Crippen MR) is 87.0 cm³/mol. The maximum Gasteiger partial charge on any atom is 0.270 e. The minimum Gasteiger partial charge on any atom is -0.306 e. The number of hydrogen-bond acceptors (Lipinski definition) is 6. The average molecular weight is 321 g/mol. The van der Waals surface area contributed by atoms with Crippen molar-refractivity contribution < 1.29 is 4.92 Å². The van der Waals surface area contributed by atoms with Crippen molar-refractivity contribution in [1.29, 1.82) is 0 Å². The van der Waals surface area contributed by atoms with Gasteiger partial charge in [-0.3, -0.25) is 10.1 Å². The Balaban J connectivity index is 1.93. The summed E-state index contributed by atoms with van der Waals surface area (Å²) in [5.74, 6) is 2.17. The van der Waals surface area contributed by atoms with Crippen LogP contribution < -0.4 is 5.32 Å². The number of nitrogens with one attached hydrogen (secondary N) is 1. The molecule has 1 N–H and O–H groups in total. The number of thioether (sulfide) groups is 1. The van der Waals surface area contributed by atoms with Crippen LogP contribution in [0.3, 0.4) is 0 Å². The van der Waals surface area contributed by atoms with E-state index in [4.69, 9.17) is 4.98 Å². The van der Waals surface area contributed by atoms with Crippen LogP contribution in [0.4, 0.5) is 5.69 Å². The smallest absolute Gasteiger partial charge is 0.270 e. The van der Waals surface area contributed by atoms with E-state index in [-0.39, 0.29) is 10.6 Å². The maximum absolute atomic E-state index is 10.9. The first-order valence-corrected chi connectivity index (χ1v) is 8.65. The molecule has 1 aromatic heterocycles. The van der Waals surface area contributed by atoms with E-state index in [1.54, 1.807) is 23.5 Å². The van der Waals surface area contributed by atoms with Crippen LogP contribution in [-0.4, -0.2) is 28.0 Å². The van der Waals surface area contributed by atoms with Crippen LogP contribution in [0.2, 0.25) is 0 Å². The third-order valence-corrected chi connectivity index (χ3v) is 5.51. The van der Waals surface area contributed by atoms with Crippen LogP contribution in [0.5, 0.6) is 0 Å². The minimum absolute atomic E-state index is 0.104. The summed E-state index contributed by atoms with van der Waals surface area (Å²) in [5.41, 5.74) is 1.77. The van der Waals surface area contributed by atoms with Gasteiger partial charge in [-0.25, -0.2) is 4.98 Å². The Bertz CT molecular complexity index is 666. The van der Waals surface area contributed by atoms with Crippen molar-refractivity contribution >= 4 is 28.8 Å². The van der Waals surface area contributed by atoms with Crippen LogP contribution in [0, 0.1) is 17.0 Å². The second kappa shape index (κ2) is 6.13. The number of hydrogen-bond donors (Lipinski definition) is 1. The standard InChI is InChI=1S/C14H15N3O2S2/c1-9-13(10-3-2-4-11(7-10)17(18)19)16-14(21-9)12-8-20-6-5-15-12/h2-4,7,12,15H,5-6,8H2,1H3. The van der Waals surface area contributed by atoms with Gasteiger partial charge in [-0.15, -0.1) is 11.3 Å². The lowest BCUT2D eigenvalue weighted by Gasteiger charge is -2.20. The zero-order valence-electron chi connectivity index (χ0n) is 11.5. The van der Waals surface area contributed by atoms with Crippen LogP contribution in [0.15, 0.2) is 24.3 Å². The fraction of sp³-hybridized carbons (Fsp3) is 0.357. The first-order chi connectivity index (χ1) is 10.1. The summed E-state index contributed by atoms with van der Waals surface area (Å²) >= 11 is 3.60. The van der Waals surface area contributed by atoms with E-state index < -0.39 is 0 Å². The number of nitro groups is 1. The highest BCUT2D eigenvalue weighted by Gasteiger charge is 2.21. The molecule has 1 atom stereocenters. The van der Waals surface area contributed by atoms with Gasteiger partial charge < -0.3 is 5.32 Å². The SMILES string of the molecule is Cc1sc(C2CSCCN2)nc1-c1cccc([N+](=O)[O-])c1. The lowest BCUT2D eigenvalue weighted by atomic mass is 10.1. The van der Waals surface area contributed by atoms with E-state index in [2.05, 4.69) is 5.32 Å². The van der Waals surface area contributed by atoms with Crippen molar-refractivity contribution in [2.75, 3.05) is 18.1 Å². The molecule has 1 fully saturated rings. The Morgan fingerprint density at radius 3 is 3.05 bits per heavy atom. The van der Waals surface area contributed by atoms with Crippen molar-refractivity contribution in [1.82, 2.24) is 10.3 Å². The zero-order valence-corrected chi connectivity index (χ0v) is 13.2. The summed E-state index contributed by atoms with van der Waals surface area (Å²) in [5, 5.41) is 15.4. The monoisotopic (exact) mass is 321 g/mol. The summed E-state index contributed by atoms with van der Waals surface area (Å²) in [6.45, 7) is 3.02.